The number of pyridine rings is 1. The summed E-state index contributed by atoms with van der Waals surface area (Å²) in [4.78, 5) is 16.1. The maximum atomic E-state index is 13.7. The number of nitrogen functional groups attached to an aromatic ring is 1. The van der Waals surface area contributed by atoms with Crippen LogP contribution in [0.2, 0.25) is 0 Å². The van der Waals surface area contributed by atoms with E-state index in [0.29, 0.717) is 5.69 Å². The van der Waals surface area contributed by atoms with Crippen molar-refractivity contribution >= 4 is 33.3 Å². The molecule has 1 heterocycles. The highest BCUT2D eigenvalue weighted by Gasteiger charge is 2.15. The molecule has 0 radical (unpaired) electrons. The molecule has 0 aliphatic carbocycles. The molecule has 110 valence electrons. The molecule has 1 aromatic carbocycles. The Morgan fingerprint density at radius 3 is 2.43 bits per heavy atom. The number of carbonyl (C=O) groups is 1. The number of nitrogens with one attached hydrogen (secondary N) is 2. The van der Waals surface area contributed by atoms with Crippen LogP contribution in [-0.2, 0) is 0 Å². The first-order chi connectivity index (χ1) is 9.90. The Hall–Kier alpha value is -2.06. The molecule has 21 heavy (non-hydrogen) atoms. The van der Waals surface area contributed by atoms with E-state index in [1.54, 1.807) is 6.92 Å². The number of aryl methyl sites for hydroxylation is 1. The summed E-state index contributed by atoms with van der Waals surface area (Å²) in [6, 6.07) is 4.97. The Labute approximate surface area is 127 Å². The number of hydrogen-bond acceptors (Lipinski definition) is 4. The number of anilines is 2. The monoisotopic (exact) mass is 356 g/mol. The lowest BCUT2D eigenvalue weighted by Gasteiger charge is -2.09. The first kappa shape index (κ1) is 15.3. The lowest BCUT2D eigenvalue weighted by Crippen LogP contribution is -2.16. The van der Waals surface area contributed by atoms with Gasteiger partial charge in [-0.3, -0.25) is 4.79 Å². The number of hydrogen-bond donors (Lipinski definition) is 3. The maximum Gasteiger partial charge on any atom is 0.256 e. The van der Waals surface area contributed by atoms with E-state index in [-0.39, 0.29) is 15.9 Å². The van der Waals surface area contributed by atoms with Gasteiger partial charge in [0.15, 0.2) is 11.6 Å². The molecule has 0 saturated heterocycles. The second-order valence-electron chi connectivity index (χ2n) is 4.23. The Balaban J connectivity index is 2.32. The van der Waals surface area contributed by atoms with E-state index in [4.69, 9.17) is 5.84 Å². The Morgan fingerprint density at radius 2 is 1.86 bits per heavy atom. The molecule has 0 aliphatic heterocycles. The fraction of sp³-hybridized carbons (Fsp3) is 0.0769. The van der Waals surface area contributed by atoms with Crippen molar-refractivity contribution in [3.05, 3.63) is 51.6 Å². The molecular weight excluding hydrogens is 346 g/mol. The van der Waals surface area contributed by atoms with Gasteiger partial charge in [0.2, 0.25) is 0 Å². The van der Waals surface area contributed by atoms with E-state index >= 15 is 0 Å². The predicted octanol–water partition coefficient (Wildman–Crippen LogP) is 2.97. The number of amides is 1. The zero-order valence-corrected chi connectivity index (χ0v) is 12.5. The molecule has 0 saturated carbocycles. The number of rotatable bonds is 3. The number of carbonyl (C=O) groups excluding carboxylic acids is 1. The van der Waals surface area contributed by atoms with E-state index in [1.165, 1.54) is 12.1 Å². The molecule has 2 rings (SSSR count). The predicted molar refractivity (Wildman–Crippen MR) is 78.8 cm³/mol. The van der Waals surface area contributed by atoms with Crippen LogP contribution in [0.3, 0.4) is 0 Å². The minimum absolute atomic E-state index is 0.178. The standard InChI is InChI=1S/C13H11BrF2N4O/c1-6-2-7(3-11(18-6)20-17)13(21)19-12-9(15)4-8(14)5-10(12)16/h2-5H,17H2,1H3,(H,18,20)(H,19,21). The van der Waals surface area contributed by atoms with Gasteiger partial charge in [-0.1, -0.05) is 15.9 Å². The third-order valence-corrected chi connectivity index (χ3v) is 3.07. The van der Waals surface area contributed by atoms with Gasteiger partial charge >= 0.3 is 0 Å². The van der Waals surface area contributed by atoms with E-state index in [1.807, 2.05) is 0 Å². The average molecular weight is 357 g/mol. The van der Waals surface area contributed by atoms with Crippen molar-refractivity contribution in [1.82, 2.24) is 4.98 Å². The van der Waals surface area contributed by atoms with Crippen LogP contribution in [0.4, 0.5) is 20.3 Å². The minimum Gasteiger partial charge on any atom is -0.317 e. The third-order valence-electron chi connectivity index (χ3n) is 2.61. The van der Waals surface area contributed by atoms with Crippen molar-refractivity contribution in [3.8, 4) is 0 Å². The molecule has 4 N–H and O–H groups in total. The van der Waals surface area contributed by atoms with Crippen LogP contribution in [0, 0.1) is 18.6 Å². The zero-order chi connectivity index (χ0) is 15.6. The first-order valence-electron chi connectivity index (χ1n) is 5.82. The van der Waals surface area contributed by atoms with E-state index in [0.717, 1.165) is 12.1 Å². The topological polar surface area (TPSA) is 80.0 Å². The summed E-state index contributed by atoms with van der Waals surface area (Å²) < 4.78 is 27.6. The van der Waals surface area contributed by atoms with Crippen molar-refractivity contribution in [2.24, 2.45) is 5.84 Å². The summed E-state index contributed by atoms with van der Waals surface area (Å²) in [5.74, 6) is 3.09. The quantitative estimate of drug-likeness (QED) is 0.583. The summed E-state index contributed by atoms with van der Waals surface area (Å²) in [6.45, 7) is 1.67. The lowest BCUT2D eigenvalue weighted by atomic mass is 10.2. The van der Waals surface area contributed by atoms with Crippen molar-refractivity contribution in [3.63, 3.8) is 0 Å². The Kier molecular flexibility index (Phi) is 4.49. The summed E-state index contributed by atoms with van der Waals surface area (Å²) in [5, 5.41) is 2.19. The van der Waals surface area contributed by atoms with Crippen molar-refractivity contribution < 1.29 is 13.6 Å². The van der Waals surface area contributed by atoms with Gasteiger partial charge in [-0.15, -0.1) is 0 Å². The highest BCUT2D eigenvalue weighted by Crippen LogP contribution is 2.24. The van der Waals surface area contributed by atoms with Crippen molar-refractivity contribution in [2.75, 3.05) is 10.7 Å². The zero-order valence-electron chi connectivity index (χ0n) is 10.9. The average Bonchev–Trinajstić information content (AvgIpc) is 2.41. The number of halogens is 3. The fourth-order valence-corrected chi connectivity index (χ4v) is 2.12. The smallest absolute Gasteiger partial charge is 0.256 e. The normalized spacial score (nSPS) is 10.3. The van der Waals surface area contributed by atoms with Gasteiger partial charge in [0.25, 0.3) is 5.91 Å². The van der Waals surface area contributed by atoms with Gasteiger partial charge in [0.1, 0.15) is 11.5 Å². The van der Waals surface area contributed by atoms with Gasteiger partial charge < -0.3 is 10.7 Å². The number of nitrogens with zero attached hydrogens (tertiary/aromatic N) is 1. The van der Waals surface area contributed by atoms with Gasteiger partial charge in [0, 0.05) is 15.7 Å². The van der Waals surface area contributed by atoms with Crippen LogP contribution in [0.5, 0.6) is 0 Å². The van der Waals surface area contributed by atoms with Crippen LogP contribution in [0.25, 0.3) is 0 Å². The van der Waals surface area contributed by atoms with Crippen LogP contribution in [0.15, 0.2) is 28.7 Å². The highest BCUT2D eigenvalue weighted by atomic mass is 79.9. The summed E-state index contributed by atoms with van der Waals surface area (Å²) in [7, 11) is 0. The number of hydrazine groups is 1. The molecule has 5 nitrogen and oxygen atoms in total. The largest absolute Gasteiger partial charge is 0.317 e. The summed E-state index contributed by atoms with van der Waals surface area (Å²) in [5.41, 5.74) is 2.51. The summed E-state index contributed by atoms with van der Waals surface area (Å²) >= 11 is 2.96. The highest BCUT2D eigenvalue weighted by molar-refractivity contribution is 9.10. The molecule has 1 aromatic heterocycles. The lowest BCUT2D eigenvalue weighted by molar-refractivity contribution is 0.102. The second kappa shape index (κ2) is 6.15. The SMILES string of the molecule is Cc1cc(C(=O)Nc2c(F)cc(Br)cc2F)cc(NN)n1. The molecule has 8 heteroatoms. The van der Waals surface area contributed by atoms with E-state index in [9.17, 15) is 13.6 Å². The molecular formula is C13H11BrF2N4O. The van der Waals surface area contributed by atoms with E-state index < -0.39 is 23.2 Å². The third kappa shape index (κ3) is 3.53. The van der Waals surface area contributed by atoms with Crippen LogP contribution in [-0.4, -0.2) is 10.9 Å². The first-order valence-corrected chi connectivity index (χ1v) is 6.61. The Morgan fingerprint density at radius 1 is 1.24 bits per heavy atom. The molecule has 0 fully saturated rings. The van der Waals surface area contributed by atoms with Gasteiger partial charge in [-0.2, -0.15) is 0 Å². The molecule has 0 atom stereocenters. The number of aromatic nitrogens is 1. The fourth-order valence-electron chi connectivity index (χ4n) is 1.72. The minimum atomic E-state index is -0.877. The number of benzene rings is 1. The second-order valence-corrected chi connectivity index (χ2v) is 5.14. The van der Waals surface area contributed by atoms with Crippen molar-refractivity contribution in [1.29, 1.82) is 0 Å². The molecule has 0 bridgehead atoms. The molecule has 0 unspecified atom stereocenters. The van der Waals surface area contributed by atoms with Crippen LogP contribution >= 0.6 is 15.9 Å². The van der Waals surface area contributed by atoms with Gasteiger partial charge in [0.05, 0.1) is 0 Å². The van der Waals surface area contributed by atoms with Crippen molar-refractivity contribution in [2.45, 2.75) is 6.92 Å². The molecule has 0 spiro atoms. The molecule has 1 amide bonds. The van der Waals surface area contributed by atoms with Crippen LogP contribution in [0.1, 0.15) is 16.1 Å². The van der Waals surface area contributed by atoms with Gasteiger partial charge in [-0.25, -0.2) is 19.6 Å². The Bertz CT molecular complexity index is 686. The van der Waals surface area contributed by atoms with Crippen LogP contribution < -0.4 is 16.6 Å². The summed E-state index contributed by atoms with van der Waals surface area (Å²) in [6.07, 6.45) is 0. The van der Waals surface area contributed by atoms with Gasteiger partial charge in [-0.05, 0) is 31.2 Å². The molecule has 0 aliphatic rings. The molecule has 2 aromatic rings. The number of nitrogens with two attached hydrogens (primary N) is 1. The van der Waals surface area contributed by atoms with E-state index in [2.05, 4.69) is 31.7 Å². The maximum absolute atomic E-state index is 13.7.